The summed E-state index contributed by atoms with van der Waals surface area (Å²) in [4.78, 5) is -0.693. The molecule has 6 heteroatoms. The fraction of sp³-hybridized carbons (Fsp3) is 0.143. The molecule has 106 valence electrons. The van der Waals surface area contributed by atoms with Crippen molar-refractivity contribution in [2.45, 2.75) is 18.7 Å². The van der Waals surface area contributed by atoms with E-state index in [2.05, 4.69) is 0 Å². The van der Waals surface area contributed by atoms with E-state index in [1.807, 2.05) is 0 Å². The number of halogens is 2. The largest absolute Gasteiger partial charge is 0.378 e. The standard InChI is InChI=1S/C14H12F2O3S/c1-9-4-3-5-10(2)14(9)19-20(17,18)13-7-6-11(15)8-12(13)16/h3-8H,1-2H3. The third-order valence-corrected chi connectivity index (χ3v) is 4.02. The van der Waals surface area contributed by atoms with E-state index in [1.165, 1.54) is 0 Å². The second-order valence-electron chi connectivity index (χ2n) is 4.33. The maximum Gasteiger partial charge on any atom is 0.342 e. The number of benzene rings is 2. The van der Waals surface area contributed by atoms with Crippen molar-refractivity contribution in [2.75, 3.05) is 0 Å². The number of para-hydroxylation sites is 1. The molecule has 0 N–H and O–H groups in total. The van der Waals surface area contributed by atoms with Gasteiger partial charge in [0.1, 0.15) is 22.3 Å². The molecule has 0 atom stereocenters. The predicted molar refractivity (Wildman–Crippen MR) is 70.1 cm³/mol. The zero-order chi connectivity index (χ0) is 14.9. The van der Waals surface area contributed by atoms with Crippen molar-refractivity contribution < 1.29 is 21.4 Å². The molecule has 0 spiro atoms. The molecule has 2 rings (SSSR count). The van der Waals surface area contributed by atoms with Crippen molar-refractivity contribution in [2.24, 2.45) is 0 Å². The molecule has 0 unspecified atom stereocenters. The Hall–Kier alpha value is -1.95. The third-order valence-electron chi connectivity index (χ3n) is 2.77. The average Bonchev–Trinajstić information content (AvgIpc) is 2.33. The summed E-state index contributed by atoms with van der Waals surface area (Å²) < 4.78 is 55.5. The van der Waals surface area contributed by atoms with E-state index in [1.54, 1.807) is 32.0 Å². The van der Waals surface area contributed by atoms with Crippen molar-refractivity contribution >= 4 is 10.1 Å². The molecular weight excluding hydrogens is 286 g/mol. The Morgan fingerprint density at radius 3 is 2.15 bits per heavy atom. The van der Waals surface area contributed by atoms with Gasteiger partial charge in [-0.3, -0.25) is 0 Å². The highest BCUT2D eigenvalue weighted by Gasteiger charge is 2.23. The van der Waals surface area contributed by atoms with Crippen molar-refractivity contribution in [3.8, 4) is 5.75 Å². The van der Waals surface area contributed by atoms with Crippen LogP contribution in [-0.4, -0.2) is 8.42 Å². The van der Waals surface area contributed by atoms with Crippen LogP contribution in [0.4, 0.5) is 8.78 Å². The van der Waals surface area contributed by atoms with Crippen LogP contribution < -0.4 is 4.18 Å². The summed E-state index contributed by atoms with van der Waals surface area (Å²) in [5.41, 5.74) is 1.21. The molecule has 0 saturated carbocycles. The van der Waals surface area contributed by atoms with Crippen LogP contribution in [0.2, 0.25) is 0 Å². The third kappa shape index (κ3) is 2.80. The summed E-state index contributed by atoms with van der Waals surface area (Å²) in [5, 5.41) is 0. The molecule has 0 aromatic heterocycles. The van der Waals surface area contributed by atoms with E-state index < -0.39 is 26.6 Å². The summed E-state index contributed by atoms with van der Waals surface area (Å²) in [6, 6.07) is 7.32. The van der Waals surface area contributed by atoms with Crippen molar-refractivity contribution in [1.82, 2.24) is 0 Å². The van der Waals surface area contributed by atoms with Gasteiger partial charge in [0.2, 0.25) is 0 Å². The van der Waals surface area contributed by atoms with Crippen LogP contribution in [0.1, 0.15) is 11.1 Å². The van der Waals surface area contributed by atoms with Gasteiger partial charge in [0, 0.05) is 6.07 Å². The lowest BCUT2D eigenvalue weighted by Gasteiger charge is -2.12. The van der Waals surface area contributed by atoms with E-state index in [9.17, 15) is 17.2 Å². The molecule has 20 heavy (non-hydrogen) atoms. The monoisotopic (exact) mass is 298 g/mol. The molecule has 2 aromatic rings. The van der Waals surface area contributed by atoms with Crippen LogP contribution in [0.3, 0.4) is 0 Å². The summed E-state index contributed by atoms with van der Waals surface area (Å²) in [6.07, 6.45) is 0. The fourth-order valence-electron chi connectivity index (χ4n) is 1.76. The van der Waals surface area contributed by atoms with Gasteiger partial charge in [-0.15, -0.1) is 0 Å². The minimum absolute atomic E-state index is 0.149. The van der Waals surface area contributed by atoms with Gasteiger partial charge in [0.05, 0.1) is 0 Å². The summed E-state index contributed by atoms with van der Waals surface area (Å²) in [7, 11) is -4.35. The topological polar surface area (TPSA) is 43.4 Å². The Kier molecular flexibility index (Phi) is 3.76. The maximum absolute atomic E-state index is 13.6. The Morgan fingerprint density at radius 2 is 1.60 bits per heavy atom. The molecule has 0 saturated heterocycles. The van der Waals surface area contributed by atoms with E-state index in [0.29, 0.717) is 17.2 Å². The molecular formula is C14H12F2O3S. The van der Waals surface area contributed by atoms with E-state index in [4.69, 9.17) is 4.18 Å². The highest BCUT2D eigenvalue weighted by Crippen LogP contribution is 2.27. The number of rotatable bonds is 3. The highest BCUT2D eigenvalue weighted by molar-refractivity contribution is 7.87. The van der Waals surface area contributed by atoms with Gasteiger partial charge in [0.15, 0.2) is 0 Å². The molecule has 3 nitrogen and oxygen atoms in total. The first kappa shape index (κ1) is 14.5. The Morgan fingerprint density at radius 1 is 1.00 bits per heavy atom. The second kappa shape index (κ2) is 5.20. The van der Waals surface area contributed by atoms with Gasteiger partial charge < -0.3 is 4.18 Å². The normalized spacial score (nSPS) is 11.4. The van der Waals surface area contributed by atoms with Crippen LogP contribution in [0, 0.1) is 25.5 Å². The lowest BCUT2D eigenvalue weighted by molar-refractivity contribution is 0.471. The molecule has 0 amide bonds. The van der Waals surface area contributed by atoms with Crippen LogP contribution in [0.5, 0.6) is 5.75 Å². The summed E-state index contributed by atoms with van der Waals surface area (Å²) in [6.45, 7) is 3.36. The van der Waals surface area contributed by atoms with Crippen LogP contribution in [-0.2, 0) is 10.1 Å². The van der Waals surface area contributed by atoms with E-state index >= 15 is 0 Å². The van der Waals surface area contributed by atoms with Crippen molar-refractivity contribution in [1.29, 1.82) is 0 Å². The molecule has 0 aliphatic carbocycles. The van der Waals surface area contributed by atoms with Gasteiger partial charge in [-0.2, -0.15) is 8.42 Å². The first-order chi connectivity index (χ1) is 9.31. The second-order valence-corrected chi connectivity index (χ2v) is 5.85. The minimum atomic E-state index is -4.35. The van der Waals surface area contributed by atoms with Gasteiger partial charge in [0.25, 0.3) is 0 Å². The lowest BCUT2D eigenvalue weighted by Crippen LogP contribution is -2.13. The number of hydrogen-bond acceptors (Lipinski definition) is 3. The quantitative estimate of drug-likeness (QED) is 0.816. The SMILES string of the molecule is Cc1cccc(C)c1OS(=O)(=O)c1ccc(F)cc1F. The van der Waals surface area contributed by atoms with Crippen LogP contribution in [0.15, 0.2) is 41.3 Å². The molecule has 0 heterocycles. The lowest BCUT2D eigenvalue weighted by atomic mass is 10.1. The number of aryl methyl sites for hydroxylation is 2. The van der Waals surface area contributed by atoms with E-state index in [0.717, 1.165) is 12.1 Å². The Bertz CT molecular complexity index is 735. The number of hydrogen-bond donors (Lipinski definition) is 0. The Labute approximate surface area is 115 Å². The van der Waals surface area contributed by atoms with Crippen LogP contribution >= 0.6 is 0 Å². The van der Waals surface area contributed by atoms with Crippen LogP contribution in [0.25, 0.3) is 0 Å². The molecule has 2 aromatic carbocycles. The first-order valence-corrected chi connectivity index (χ1v) is 7.18. The Balaban J connectivity index is 2.46. The molecule has 0 bridgehead atoms. The minimum Gasteiger partial charge on any atom is -0.378 e. The molecule has 0 aliphatic heterocycles. The highest BCUT2D eigenvalue weighted by atomic mass is 32.2. The average molecular weight is 298 g/mol. The van der Waals surface area contributed by atoms with Crippen molar-refractivity contribution in [3.63, 3.8) is 0 Å². The first-order valence-electron chi connectivity index (χ1n) is 5.77. The van der Waals surface area contributed by atoms with Gasteiger partial charge in [-0.25, -0.2) is 8.78 Å². The molecule has 0 fully saturated rings. The van der Waals surface area contributed by atoms with E-state index in [-0.39, 0.29) is 5.75 Å². The maximum atomic E-state index is 13.6. The molecule has 0 radical (unpaired) electrons. The zero-order valence-electron chi connectivity index (χ0n) is 10.9. The van der Waals surface area contributed by atoms with Gasteiger partial charge in [-0.1, -0.05) is 18.2 Å². The smallest absolute Gasteiger partial charge is 0.342 e. The fourth-order valence-corrected chi connectivity index (χ4v) is 2.87. The summed E-state index contributed by atoms with van der Waals surface area (Å²) >= 11 is 0. The van der Waals surface area contributed by atoms with Gasteiger partial charge >= 0.3 is 10.1 Å². The zero-order valence-corrected chi connectivity index (χ0v) is 11.7. The summed E-state index contributed by atoms with van der Waals surface area (Å²) in [5.74, 6) is -1.89. The predicted octanol–water partition coefficient (Wildman–Crippen LogP) is 3.35. The van der Waals surface area contributed by atoms with Crippen molar-refractivity contribution in [3.05, 3.63) is 59.2 Å². The molecule has 0 aliphatic rings. The van der Waals surface area contributed by atoms with Gasteiger partial charge in [-0.05, 0) is 37.1 Å².